The second-order valence-electron chi connectivity index (χ2n) is 4.99. The Balaban J connectivity index is 1.77. The fourth-order valence-electron chi connectivity index (χ4n) is 2.13. The molecular weight excluding hydrogens is 381 g/mol. The van der Waals surface area contributed by atoms with Crippen LogP contribution in [0.5, 0.6) is 0 Å². The van der Waals surface area contributed by atoms with E-state index >= 15 is 0 Å². The molecule has 0 fully saturated rings. The highest BCUT2D eigenvalue weighted by Crippen LogP contribution is 2.27. The highest BCUT2D eigenvalue weighted by atomic mass is 35.5. The van der Waals surface area contributed by atoms with Gasteiger partial charge in [0.15, 0.2) is 0 Å². The van der Waals surface area contributed by atoms with Crippen molar-refractivity contribution in [2.45, 2.75) is 11.8 Å². The van der Waals surface area contributed by atoms with Gasteiger partial charge in [-0.1, -0.05) is 41.3 Å². The van der Waals surface area contributed by atoms with E-state index in [9.17, 15) is 4.79 Å². The Morgan fingerprint density at radius 3 is 2.64 bits per heavy atom. The molecular formula is C17H13Cl2N3O2S. The van der Waals surface area contributed by atoms with Crippen LogP contribution in [0.25, 0.3) is 11.5 Å². The van der Waals surface area contributed by atoms with Crippen molar-refractivity contribution in [1.29, 1.82) is 0 Å². The molecule has 2 aromatic carbocycles. The zero-order chi connectivity index (χ0) is 17.8. The van der Waals surface area contributed by atoms with Gasteiger partial charge in [-0.25, -0.2) is 0 Å². The molecule has 1 amide bonds. The van der Waals surface area contributed by atoms with Crippen molar-refractivity contribution in [2.24, 2.45) is 0 Å². The quantitative estimate of drug-likeness (QED) is 0.587. The van der Waals surface area contributed by atoms with E-state index in [0.29, 0.717) is 21.2 Å². The van der Waals surface area contributed by atoms with E-state index in [2.05, 4.69) is 22.4 Å². The number of aromatic nitrogens is 2. The first kappa shape index (κ1) is 17.8. The SMILES string of the molecule is CCSc1cccc(C(=O)Nc2nnc(-c3cc(Cl)cc(Cl)c3)o2)c1. The average molecular weight is 394 g/mol. The van der Waals surface area contributed by atoms with Gasteiger partial charge >= 0.3 is 6.01 Å². The van der Waals surface area contributed by atoms with E-state index in [4.69, 9.17) is 27.6 Å². The predicted molar refractivity (Wildman–Crippen MR) is 101 cm³/mol. The summed E-state index contributed by atoms with van der Waals surface area (Å²) in [7, 11) is 0. The number of halogens is 2. The third-order valence-electron chi connectivity index (χ3n) is 3.16. The van der Waals surface area contributed by atoms with Crippen molar-refractivity contribution in [3.63, 3.8) is 0 Å². The number of benzene rings is 2. The maximum absolute atomic E-state index is 12.3. The number of thioether (sulfide) groups is 1. The van der Waals surface area contributed by atoms with Crippen LogP contribution in [0.3, 0.4) is 0 Å². The molecule has 8 heteroatoms. The van der Waals surface area contributed by atoms with E-state index in [1.165, 1.54) is 0 Å². The number of anilines is 1. The van der Waals surface area contributed by atoms with Gasteiger partial charge in [-0.2, -0.15) is 0 Å². The van der Waals surface area contributed by atoms with E-state index in [1.807, 2.05) is 18.2 Å². The summed E-state index contributed by atoms with van der Waals surface area (Å²) < 4.78 is 5.47. The smallest absolute Gasteiger partial charge is 0.322 e. The van der Waals surface area contributed by atoms with Gasteiger partial charge < -0.3 is 4.42 Å². The van der Waals surface area contributed by atoms with Gasteiger partial charge in [0.25, 0.3) is 5.91 Å². The standard InChI is InChI=1S/C17H13Cl2N3O2S/c1-2-25-14-5-3-4-10(8-14)15(23)20-17-22-21-16(24-17)11-6-12(18)9-13(19)7-11/h3-9H,2H2,1H3,(H,20,22,23). The minimum atomic E-state index is -0.321. The number of carbonyl (C=O) groups is 1. The minimum absolute atomic E-state index is 0.00430. The van der Waals surface area contributed by atoms with Crippen LogP contribution in [-0.2, 0) is 0 Å². The number of carbonyl (C=O) groups excluding carboxylic acids is 1. The second-order valence-corrected chi connectivity index (χ2v) is 7.20. The van der Waals surface area contributed by atoms with Crippen LogP contribution < -0.4 is 5.32 Å². The summed E-state index contributed by atoms with van der Waals surface area (Å²) in [6.45, 7) is 2.06. The van der Waals surface area contributed by atoms with Crippen molar-refractivity contribution >= 4 is 46.9 Å². The Morgan fingerprint density at radius 2 is 1.92 bits per heavy atom. The first-order chi connectivity index (χ1) is 12.0. The van der Waals surface area contributed by atoms with Crippen molar-refractivity contribution in [2.75, 3.05) is 11.1 Å². The molecule has 5 nitrogen and oxygen atoms in total. The third-order valence-corrected chi connectivity index (χ3v) is 4.47. The lowest BCUT2D eigenvalue weighted by Gasteiger charge is -2.03. The van der Waals surface area contributed by atoms with Crippen molar-refractivity contribution < 1.29 is 9.21 Å². The van der Waals surface area contributed by atoms with Crippen LogP contribution >= 0.6 is 35.0 Å². The summed E-state index contributed by atoms with van der Waals surface area (Å²) in [5, 5.41) is 11.2. The van der Waals surface area contributed by atoms with Crippen LogP contribution in [0.2, 0.25) is 10.0 Å². The van der Waals surface area contributed by atoms with Gasteiger partial charge in [0, 0.05) is 26.1 Å². The minimum Gasteiger partial charge on any atom is -0.403 e. The van der Waals surface area contributed by atoms with Gasteiger partial charge in [-0.3, -0.25) is 10.1 Å². The molecule has 0 aliphatic rings. The second kappa shape index (κ2) is 7.91. The molecule has 0 atom stereocenters. The van der Waals surface area contributed by atoms with E-state index in [-0.39, 0.29) is 17.8 Å². The van der Waals surface area contributed by atoms with Gasteiger partial charge in [-0.15, -0.1) is 16.9 Å². The number of nitrogens with one attached hydrogen (secondary N) is 1. The Morgan fingerprint density at radius 1 is 1.16 bits per heavy atom. The molecule has 0 saturated carbocycles. The van der Waals surface area contributed by atoms with Crippen LogP contribution in [0, 0.1) is 0 Å². The topological polar surface area (TPSA) is 68.0 Å². The molecule has 0 saturated heterocycles. The zero-order valence-corrected chi connectivity index (χ0v) is 15.5. The summed E-state index contributed by atoms with van der Waals surface area (Å²) >= 11 is 13.6. The first-order valence-corrected chi connectivity index (χ1v) is 9.13. The van der Waals surface area contributed by atoms with Crippen LogP contribution in [0.1, 0.15) is 17.3 Å². The number of hydrogen-bond acceptors (Lipinski definition) is 5. The lowest BCUT2D eigenvalue weighted by Crippen LogP contribution is -2.12. The first-order valence-electron chi connectivity index (χ1n) is 7.39. The monoisotopic (exact) mass is 393 g/mol. The number of amides is 1. The molecule has 1 heterocycles. The molecule has 0 unspecified atom stereocenters. The van der Waals surface area contributed by atoms with Crippen molar-refractivity contribution in [1.82, 2.24) is 10.2 Å². The third kappa shape index (κ3) is 4.54. The van der Waals surface area contributed by atoms with Gasteiger partial charge in [-0.05, 0) is 42.2 Å². The molecule has 0 aliphatic carbocycles. The molecule has 3 rings (SSSR count). The van der Waals surface area contributed by atoms with Gasteiger partial charge in [0.2, 0.25) is 5.89 Å². The van der Waals surface area contributed by atoms with E-state index in [1.54, 1.807) is 36.0 Å². The number of rotatable bonds is 5. The summed E-state index contributed by atoms with van der Waals surface area (Å²) in [4.78, 5) is 13.4. The Kier molecular flexibility index (Phi) is 5.63. The molecule has 0 bridgehead atoms. The maximum Gasteiger partial charge on any atom is 0.322 e. The van der Waals surface area contributed by atoms with Crippen LogP contribution in [0.15, 0.2) is 51.8 Å². The fraction of sp³-hybridized carbons (Fsp3) is 0.118. The molecule has 1 N–H and O–H groups in total. The highest BCUT2D eigenvalue weighted by molar-refractivity contribution is 7.99. The van der Waals surface area contributed by atoms with Gasteiger partial charge in [0.05, 0.1) is 0 Å². The Bertz CT molecular complexity index is 894. The summed E-state index contributed by atoms with van der Waals surface area (Å²) in [6.07, 6.45) is 0. The molecule has 0 aliphatic heterocycles. The number of nitrogens with zero attached hydrogens (tertiary/aromatic N) is 2. The Hall–Kier alpha value is -2.02. The average Bonchev–Trinajstić information content (AvgIpc) is 3.03. The van der Waals surface area contributed by atoms with E-state index < -0.39 is 0 Å². The van der Waals surface area contributed by atoms with Crippen LogP contribution in [-0.4, -0.2) is 21.9 Å². The molecule has 1 aromatic heterocycles. The van der Waals surface area contributed by atoms with Crippen molar-refractivity contribution in [3.05, 3.63) is 58.1 Å². The fourth-order valence-corrected chi connectivity index (χ4v) is 3.38. The highest BCUT2D eigenvalue weighted by Gasteiger charge is 2.14. The van der Waals surface area contributed by atoms with Crippen LogP contribution in [0.4, 0.5) is 6.01 Å². The Labute approximate surface area is 158 Å². The lowest BCUT2D eigenvalue weighted by atomic mass is 10.2. The molecule has 3 aromatic rings. The molecule has 128 valence electrons. The summed E-state index contributed by atoms with van der Waals surface area (Å²) in [6, 6.07) is 12.2. The molecule has 0 radical (unpaired) electrons. The van der Waals surface area contributed by atoms with Crippen molar-refractivity contribution in [3.8, 4) is 11.5 Å². The summed E-state index contributed by atoms with van der Waals surface area (Å²) in [5.74, 6) is 0.827. The number of hydrogen-bond donors (Lipinski definition) is 1. The van der Waals surface area contributed by atoms with E-state index in [0.717, 1.165) is 10.6 Å². The summed E-state index contributed by atoms with van der Waals surface area (Å²) in [5.41, 5.74) is 1.09. The van der Waals surface area contributed by atoms with Gasteiger partial charge in [0.1, 0.15) is 0 Å². The zero-order valence-electron chi connectivity index (χ0n) is 13.1. The molecule has 25 heavy (non-hydrogen) atoms. The normalized spacial score (nSPS) is 10.7. The predicted octanol–water partition coefficient (Wildman–Crippen LogP) is 5.41. The maximum atomic E-state index is 12.3. The largest absolute Gasteiger partial charge is 0.403 e. The molecule has 0 spiro atoms. The lowest BCUT2D eigenvalue weighted by molar-refractivity contribution is 0.102.